The summed E-state index contributed by atoms with van der Waals surface area (Å²) in [6, 6.07) is 1.80. The first-order valence-corrected chi connectivity index (χ1v) is 8.43. The SMILES string of the molecule is CSc1c(F)cc(NC(=O)N2CCC[C@H]2C[C@H](C)O)cc1F. The van der Waals surface area contributed by atoms with E-state index in [-0.39, 0.29) is 22.7 Å². The lowest BCUT2D eigenvalue weighted by Gasteiger charge is -2.26. The highest BCUT2D eigenvalue weighted by Crippen LogP contribution is 2.27. The average Bonchev–Trinajstić information content (AvgIpc) is 2.85. The standard InChI is InChI=1S/C15H20F2N2O2S/c1-9(20)6-11-4-3-5-19(11)15(21)18-10-7-12(16)14(22-2)13(17)8-10/h7-9,11,20H,3-6H2,1-2H3,(H,18,21)/t9-,11-/m0/s1. The molecular formula is C15H20F2N2O2S. The van der Waals surface area contributed by atoms with Gasteiger partial charge < -0.3 is 15.3 Å². The molecule has 1 aromatic rings. The van der Waals surface area contributed by atoms with Gasteiger partial charge in [0.15, 0.2) is 0 Å². The van der Waals surface area contributed by atoms with Crippen LogP contribution in [0.15, 0.2) is 17.0 Å². The molecule has 1 aromatic carbocycles. The molecule has 2 N–H and O–H groups in total. The molecule has 2 atom stereocenters. The fraction of sp³-hybridized carbons (Fsp3) is 0.533. The highest BCUT2D eigenvalue weighted by Gasteiger charge is 2.29. The molecule has 0 radical (unpaired) electrons. The minimum atomic E-state index is -0.690. The molecular weight excluding hydrogens is 310 g/mol. The molecule has 4 nitrogen and oxygen atoms in total. The van der Waals surface area contributed by atoms with Crippen molar-refractivity contribution < 1.29 is 18.7 Å². The zero-order chi connectivity index (χ0) is 16.3. The van der Waals surface area contributed by atoms with Crippen LogP contribution in [0.25, 0.3) is 0 Å². The predicted octanol–water partition coefficient (Wildman–Crippen LogP) is 3.45. The third-order valence-electron chi connectivity index (χ3n) is 3.70. The van der Waals surface area contributed by atoms with Gasteiger partial charge in [0, 0.05) is 18.3 Å². The number of hydrogen-bond donors (Lipinski definition) is 2. The number of urea groups is 1. The third kappa shape index (κ3) is 3.89. The van der Waals surface area contributed by atoms with Gasteiger partial charge in [0.2, 0.25) is 0 Å². The largest absolute Gasteiger partial charge is 0.393 e. The number of carbonyl (C=O) groups excluding carboxylic acids is 1. The van der Waals surface area contributed by atoms with E-state index in [2.05, 4.69) is 5.32 Å². The average molecular weight is 330 g/mol. The van der Waals surface area contributed by atoms with Crippen molar-refractivity contribution in [2.45, 2.75) is 43.2 Å². The van der Waals surface area contributed by atoms with Crippen molar-refractivity contribution in [3.05, 3.63) is 23.8 Å². The molecule has 1 fully saturated rings. The minimum Gasteiger partial charge on any atom is -0.393 e. The fourth-order valence-corrected chi connectivity index (χ4v) is 3.27. The Kier molecular flexibility index (Phi) is 5.63. The van der Waals surface area contributed by atoms with Crippen molar-refractivity contribution in [1.82, 2.24) is 4.90 Å². The normalized spacial score (nSPS) is 19.3. The molecule has 0 saturated carbocycles. The number of halogens is 2. The van der Waals surface area contributed by atoms with Crippen molar-refractivity contribution in [2.24, 2.45) is 0 Å². The number of aliphatic hydroxyl groups excluding tert-OH is 1. The quantitative estimate of drug-likeness (QED) is 0.832. The van der Waals surface area contributed by atoms with Crippen LogP contribution in [0.5, 0.6) is 0 Å². The summed E-state index contributed by atoms with van der Waals surface area (Å²) in [5.74, 6) is -1.38. The van der Waals surface area contributed by atoms with E-state index in [4.69, 9.17) is 0 Å². The summed E-state index contributed by atoms with van der Waals surface area (Å²) in [6.45, 7) is 2.26. The second-order valence-corrected chi connectivity index (χ2v) is 6.29. The zero-order valence-electron chi connectivity index (χ0n) is 12.6. The molecule has 7 heteroatoms. The lowest BCUT2D eigenvalue weighted by molar-refractivity contribution is 0.142. The Balaban J connectivity index is 2.08. The van der Waals surface area contributed by atoms with Crippen LogP contribution in [0, 0.1) is 11.6 Å². The molecule has 0 bridgehead atoms. The number of carbonyl (C=O) groups is 1. The van der Waals surface area contributed by atoms with Crippen molar-refractivity contribution in [3.8, 4) is 0 Å². The second-order valence-electron chi connectivity index (χ2n) is 5.48. The second kappa shape index (κ2) is 7.28. The summed E-state index contributed by atoms with van der Waals surface area (Å²) < 4.78 is 27.5. The minimum absolute atomic E-state index is 0.0415. The summed E-state index contributed by atoms with van der Waals surface area (Å²) in [5, 5.41) is 12.0. The van der Waals surface area contributed by atoms with Crippen molar-refractivity contribution in [1.29, 1.82) is 0 Å². The van der Waals surface area contributed by atoms with E-state index in [0.29, 0.717) is 13.0 Å². The van der Waals surface area contributed by atoms with Gasteiger partial charge in [-0.05, 0) is 44.6 Å². The summed E-state index contributed by atoms with van der Waals surface area (Å²) in [7, 11) is 0. The summed E-state index contributed by atoms with van der Waals surface area (Å²) in [5.41, 5.74) is 0.0977. The van der Waals surface area contributed by atoms with E-state index < -0.39 is 17.7 Å². The van der Waals surface area contributed by atoms with Gasteiger partial charge in [0.05, 0.1) is 11.0 Å². The number of nitrogens with zero attached hydrogens (tertiary/aromatic N) is 1. The van der Waals surface area contributed by atoms with E-state index in [1.807, 2.05) is 0 Å². The molecule has 2 amide bonds. The maximum absolute atomic E-state index is 13.7. The predicted molar refractivity (Wildman–Crippen MR) is 83.2 cm³/mol. The third-order valence-corrected chi connectivity index (χ3v) is 4.50. The molecule has 0 aromatic heterocycles. The zero-order valence-corrected chi connectivity index (χ0v) is 13.4. The van der Waals surface area contributed by atoms with E-state index in [1.165, 1.54) is 0 Å². The van der Waals surface area contributed by atoms with Crippen LogP contribution in [-0.4, -0.2) is 41.0 Å². The van der Waals surface area contributed by atoms with E-state index in [0.717, 1.165) is 36.7 Å². The van der Waals surface area contributed by atoms with Gasteiger partial charge in [-0.15, -0.1) is 11.8 Å². The number of hydrogen-bond acceptors (Lipinski definition) is 3. The highest BCUT2D eigenvalue weighted by molar-refractivity contribution is 7.98. The van der Waals surface area contributed by atoms with E-state index in [9.17, 15) is 18.7 Å². The first kappa shape index (κ1) is 17.0. The number of anilines is 1. The summed E-state index contributed by atoms with van der Waals surface area (Å²) in [4.78, 5) is 13.8. The lowest BCUT2D eigenvalue weighted by Crippen LogP contribution is -2.40. The van der Waals surface area contributed by atoms with Crippen LogP contribution < -0.4 is 5.32 Å². The van der Waals surface area contributed by atoms with Crippen LogP contribution in [0.4, 0.5) is 19.3 Å². The topological polar surface area (TPSA) is 52.6 Å². The number of benzene rings is 1. The molecule has 0 spiro atoms. The Morgan fingerprint density at radius 2 is 2.14 bits per heavy atom. The molecule has 1 heterocycles. The number of nitrogens with one attached hydrogen (secondary N) is 1. The van der Waals surface area contributed by atoms with Gasteiger partial charge in [-0.2, -0.15) is 0 Å². The van der Waals surface area contributed by atoms with Crippen LogP contribution in [-0.2, 0) is 0 Å². The molecule has 0 aliphatic carbocycles. The number of likely N-dealkylation sites (tertiary alicyclic amines) is 1. The van der Waals surface area contributed by atoms with Crippen molar-refractivity contribution in [3.63, 3.8) is 0 Å². The van der Waals surface area contributed by atoms with Gasteiger partial charge in [-0.25, -0.2) is 13.6 Å². The van der Waals surface area contributed by atoms with Gasteiger partial charge >= 0.3 is 6.03 Å². The Morgan fingerprint density at radius 1 is 1.50 bits per heavy atom. The van der Waals surface area contributed by atoms with E-state index in [1.54, 1.807) is 18.1 Å². The van der Waals surface area contributed by atoms with Crippen LogP contribution in [0.1, 0.15) is 26.2 Å². The number of thioether (sulfide) groups is 1. The molecule has 1 aliphatic heterocycles. The van der Waals surface area contributed by atoms with Crippen LogP contribution >= 0.6 is 11.8 Å². The molecule has 1 aliphatic rings. The van der Waals surface area contributed by atoms with Gasteiger partial charge in [0.25, 0.3) is 0 Å². The summed E-state index contributed by atoms with van der Waals surface area (Å²) in [6.07, 6.45) is 3.28. The molecule has 22 heavy (non-hydrogen) atoms. The molecule has 2 rings (SSSR count). The Morgan fingerprint density at radius 3 is 2.68 bits per heavy atom. The van der Waals surface area contributed by atoms with Gasteiger partial charge in [0.1, 0.15) is 11.6 Å². The maximum Gasteiger partial charge on any atom is 0.322 e. The van der Waals surface area contributed by atoms with Gasteiger partial charge in [-0.1, -0.05) is 0 Å². The number of rotatable bonds is 4. The van der Waals surface area contributed by atoms with Gasteiger partial charge in [-0.3, -0.25) is 0 Å². The maximum atomic E-state index is 13.7. The summed E-state index contributed by atoms with van der Waals surface area (Å²) >= 11 is 0.981. The highest BCUT2D eigenvalue weighted by atomic mass is 32.2. The fourth-order valence-electron chi connectivity index (χ4n) is 2.76. The lowest BCUT2D eigenvalue weighted by atomic mass is 10.1. The first-order chi connectivity index (χ1) is 10.4. The Bertz CT molecular complexity index is 531. The number of aliphatic hydroxyl groups is 1. The monoisotopic (exact) mass is 330 g/mol. The Hall–Kier alpha value is -1.34. The Labute approximate surface area is 132 Å². The molecule has 1 saturated heterocycles. The van der Waals surface area contributed by atoms with Crippen LogP contribution in [0.2, 0.25) is 0 Å². The van der Waals surface area contributed by atoms with Crippen LogP contribution in [0.3, 0.4) is 0 Å². The molecule has 0 unspecified atom stereocenters. The number of amides is 2. The van der Waals surface area contributed by atoms with Crippen molar-refractivity contribution >= 4 is 23.5 Å². The first-order valence-electron chi connectivity index (χ1n) is 7.21. The van der Waals surface area contributed by atoms with E-state index >= 15 is 0 Å². The smallest absolute Gasteiger partial charge is 0.322 e. The van der Waals surface area contributed by atoms with Crippen molar-refractivity contribution in [2.75, 3.05) is 18.1 Å². The molecule has 122 valence electrons.